The normalized spacial score (nSPS) is 18.0. The lowest BCUT2D eigenvalue weighted by atomic mass is 9.95. The van der Waals surface area contributed by atoms with Crippen LogP contribution in [0.4, 0.5) is 5.82 Å². The van der Waals surface area contributed by atoms with Crippen LogP contribution < -0.4 is 5.32 Å². The summed E-state index contributed by atoms with van der Waals surface area (Å²) in [5.41, 5.74) is 0.661. The maximum atomic E-state index is 10.5. The van der Waals surface area contributed by atoms with Gasteiger partial charge in [-0.2, -0.15) is 5.10 Å². The lowest BCUT2D eigenvalue weighted by molar-refractivity contribution is 0.124. The molecule has 3 heterocycles. The second-order valence-corrected chi connectivity index (χ2v) is 8.40. The Bertz CT molecular complexity index is 727. The van der Waals surface area contributed by atoms with Crippen LogP contribution in [0.5, 0.6) is 0 Å². The molecule has 26 heavy (non-hydrogen) atoms. The molecular formula is C19H32N6O. The largest absolute Gasteiger partial charge is 0.390 e. The summed E-state index contributed by atoms with van der Waals surface area (Å²) in [6.45, 7) is 9.66. The third-order valence-corrected chi connectivity index (χ3v) is 4.94. The van der Waals surface area contributed by atoms with Gasteiger partial charge in [-0.1, -0.05) is 33.6 Å². The van der Waals surface area contributed by atoms with Gasteiger partial charge in [-0.25, -0.2) is 9.97 Å². The van der Waals surface area contributed by atoms with Gasteiger partial charge in [-0.05, 0) is 25.9 Å². The van der Waals surface area contributed by atoms with E-state index in [1.807, 2.05) is 7.05 Å². The molecule has 1 fully saturated rings. The van der Waals surface area contributed by atoms with Crippen molar-refractivity contribution in [3.63, 3.8) is 0 Å². The molecule has 144 valence electrons. The molecular weight excluding hydrogens is 328 g/mol. The first-order valence-electron chi connectivity index (χ1n) is 9.69. The van der Waals surface area contributed by atoms with Crippen LogP contribution in [-0.4, -0.2) is 62.0 Å². The SMILES string of the molecule is Cn1ncc2c(NC[C@H](O)CN3CCCCCC3)nc(C(C)(C)C)nc21. The quantitative estimate of drug-likeness (QED) is 0.852. The van der Waals surface area contributed by atoms with Gasteiger partial charge < -0.3 is 15.3 Å². The Morgan fingerprint density at radius 3 is 2.50 bits per heavy atom. The summed E-state index contributed by atoms with van der Waals surface area (Å²) in [6.07, 6.45) is 6.44. The average Bonchev–Trinajstić information content (AvgIpc) is 2.79. The first-order valence-corrected chi connectivity index (χ1v) is 9.69. The molecule has 1 saturated heterocycles. The number of hydrogen-bond donors (Lipinski definition) is 2. The lowest BCUT2D eigenvalue weighted by Crippen LogP contribution is -2.36. The molecule has 0 aliphatic carbocycles. The van der Waals surface area contributed by atoms with Crippen molar-refractivity contribution in [2.75, 3.05) is 31.5 Å². The highest BCUT2D eigenvalue weighted by Gasteiger charge is 2.22. The Morgan fingerprint density at radius 2 is 1.85 bits per heavy atom. The van der Waals surface area contributed by atoms with Gasteiger partial charge in [0, 0.05) is 25.6 Å². The van der Waals surface area contributed by atoms with Crippen molar-refractivity contribution in [2.24, 2.45) is 7.05 Å². The van der Waals surface area contributed by atoms with E-state index >= 15 is 0 Å². The van der Waals surface area contributed by atoms with E-state index in [4.69, 9.17) is 4.98 Å². The monoisotopic (exact) mass is 360 g/mol. The van der Waals surface area contributed by atoms with Crippen LogP contribution >= 0.6 is 0 Å². The van der Waals surface area contributed by atoms with Crippen LogP contribution in [0.15, 0.2) is 6.20 Å². The van der Waals surface area contributed by atoms with Gasteiger partial charge in [-0.15, -0.1) is 0 Å². The zero-order chi connectivity index (χ0) is 18.7. The summed E-state index contributed by atoms with van der Waals surface area (Å²) in [7, 11) is 1.89. The highest BCUT2D eigenvalue weighted by Crippen LogP contribution is 2.25. The topological polar surface area (TPSA) is 79.1 Å². The molecule has 0 amide bonds. The summed E-state index contributed by atoms with van der Waals surface area (Å²) in [5.74, 6) is 1.53. The Balaban J connectivity index is 1.71. The van der Waals surface area contributed by atoms with Gasteiger partial charge in [-0.3, -0.25) is 4.68 Å². The van der Waals surface area contributed by atoms with E-state index in [0.717, 1.165) is 35.8 Å². The smallest absolute Gasteiger partial charge is 0.163 e. The summed E-state index contributed by atoms with van der Waals surface area (Å²) in [4.78, 5) is 11.8. The number of aliphatic hydroxyl groups excluding tert-OH is 1. The molecule has 7 nitrogen and oxygen atoms in total. The number of nitrogens with zero attached hydrogens (tertiary/aromatic N) is 5. The summed E-state index contributed by atoms with van der Waals surface area (Å²) in [5, 5.41) is 19.0. The van der Waals surface area contributed by atoms with Crippen LogP contribution in [0.1, 0.15) is 52.3 Å². The molecule has 2 aromatic heterocycles. The minimum atomic E-state index is -0.423. The van der Waals surface area contributed by atoms with E-state index in [9.17, 15) is 5.11 Å². The van der Waals surface area contributed by atoms with Gasteiger partial charge >= 0.3 is 0 Å². The predicted molar refractivity (Wildman–Crippen MR) is 104 cm³/mol. The molecule has 2 N–H and O–H groups in total. The third kappa shape index (κ3) is 4.51. The first-order chi connectivity index (χ1) is 12.3. The third-order valence-electron chi connectivity index (χ3n) is 4.94. The van der Waals surface area contributed by atoms with Crippen molar-refractivity contribution in [3.05, 3.63) is 12.0 Å². The number of hydrogen-bond acceptors (Lipinski definition) is 6. The van der Waals surface area contributed by atoms with E-state index in [0.29, 0.717) is 13.1 Å². The van der Waals surface area contributed by atoms with Gasteiger partial charge in [0.2, 0.25) is 0 Å². The number of β-amino-alcohol motifs (C(OH)–C–C–N with tert-alkyl or cyclic N) is 1. The van der Waals surface area contributed by atoms with Crippen molar-refractivity contribution in [3.8, 4) is 0 Å². The van der Waals surface area contributed by atoms with Crippen molar-refractivity contribution in [2.45, 2.75) is 58.0 Å². The fourth-order valence-corrected chi connectivity index (χ4v) is 3.39. The number of fused-ring (bicyclic) bond motifs is 1. The zero-order valence-electron chi connectivity index (χ0n) is 16.5. The maximum Gasteiger partial charge on any atom is 0.163 e. The summed E-state index contributed by atoms with van der Waals surface area (Å²) >= 11 is 0. The van der Waals surface area contributed by atoms with E-state index in [2.05, 4.69) is 41.1 Å². The molecule has 0 unspecified atom stereocenters. The zero-order valence-corrected chi connectivity index (χ0v) is 16.5. The molecule has 1 aliphatic heterocycles. The molecule has 0 aromatic carbocycles. The number of aromatic nitrogens is 4. The molecule has 7 heteroatoms. The highest BCUT2D eigenvalue weighted by atomic mass is 16.3. The van der Waals surface area contributed by atoms with Crippen molar-refractivity contribution in [1.82, 2.24) is 24.6 Å². The van der Waals surface area contributed by atoms with Crippen LogP contribution in [0.3, 0.4) is 0 Å². The first kappa shape index (κ1) is 19.0. The molecule has 2 aromatic rings. The maximum absolute atomic E-state index is 10.5. The number of rotatable bonds is 5. The van der Waals surface area contributed by atoms with Crippen molar-refractivity contribution < 1.29 is 5.11 Å². The summed E-state index contributed by atoms with van der Waals surface area (Å²) < 4.78 is 1.77. The minimum Gasteiger partial charge on any atom is -0.390 e. The predicted octanol–water partition coefficient (Wildman–Crippen LogP) is 2.31. The fraction of sp³-hybridized carbons (Fsp3) is 0.737. The van der Waals surface area contributed by atoms with E-state index in [1.54, 1.807) is 10.9 Å². The standard InChI is InChI=1S/C19H32N6O/c1-19(2,3)18-22-16(15-12-21-24(4)17(15)23-18)20-11-14(26)13-25-9-7-5-6-8-10-25/h12,14,26H,5-11,13H2,1-4H3,(H,20,22,23)/t14-/m0/s1. The Hall–Kier alpha value is -1.73. The molecule has 1 aliphatic rings. The molecule has 3 rings (SSSR count). The number of aryl methyl sites for hydroxylation is 1. The highest BCUT2D eigenvalue weighted by molar-refractivity contribution is 5.86. The van der Waals surface area contributed by atoms with Crippen LogP contribution in [0, 0.1) is 0 Å². The average molecular weight is 361 g/mol. The molecule has 0 spiro atoms. The molecule has 0 saturated carbocycles. The van der Waals surface area contributed by atoms with E-state index in [-0.39, 0.29) is 5.41 Å². The number of aliphatic hydroxyl groups is 1. The van der Waals surface area contributed by atoms with Crippen molar-refractivity contribution in [1.29, 1.82) is 0 Å². The summed E-state index contributed by atoms with van der Waals surface area (Å²) in [6, 6.07) is 0. The Labute approximate surface area is 155 Å². The Kier molecular flexibility index (Phi) is 5.77. The fourth-order valence-electron chi connectivity index (χ4n) is 3.39. The number of nitrogens with one attached hydrogen (secondary N) is 1. The second kappa shape index (κ2) is 7.88. The number of likely N-dealkylation sites (tertiary alicyclic amines) is 1. The van der Waals surface area contributed by atoms with Gasteiger partial charge in [0.05, 0.1) is 17.7 Å². The molecule has 0 bridgehead atoms. The van der Waals surface area contributed by atoms with Gasteiger partial charge in [0.15, 0.2) is 5.65 Å². The molecule has 1 atom stereocenters. The minimum absolute atomic E-state index is 0.153. The van der Waals surface area contributed by atoms with E-state index in [1.165, 1.54) is 25.7 Å². The van der Waals surface area contributed by atoms with Gasteiger partial charge in [0.1, 0.15) is 11.6 Å². The van der Waals surface area contributed by atoms with Crippen LogP contribution in [0.25, 0.3) is 11.0 Å². The van der Waals surface area contributed by atoms with Crippen molar-refractivity contribution >= 4 is 16.9 Å². The van der Waals surface area contributed by atoms with E-state index < -0.39 is 6.10 Å². The van der Waals surface area contributed by atoms with Crippen LogP contribution in [-0.2, 0) is 12.5 Å². The number of anilines is 1. The van der Waals surface area contributed by atoms with Crippen LogP contribution in [0.2, 0.25) is 0 Å². The second-order valence-electron chi connectivity index (χ2n) is 8.40. The Morgan fingerprint density at radius 1 is 1.15 bits per heavy atom. The lowest BCUT2D eigenvalue weighted by Gasteiger charge is -2.24. The molecule has 0 radical (unpaired) electrons. The van der Waals surface area contributed by atoms with Gasteiger partial charge in [0.25, 0.3) is 0 Å².